The number of fused-ring (bicyclic) bond motifs is 1. The third-order valence-electron chi connectivity index (χ3n) is 2.73. The van der Waals surface area contributed by atoms with Crippen molar-refractivity contribution in [3.05, 3.63) is 28.8 Å². The Hall–Kier alpha value is -0.870. The van der Waals surface area contributed by atoms with Crippen molar-refractivity contribution in [3.63, 3.8) is 0 Å². The van der Waals surface area contributed by atoms with Crippen LogP contribution in [0.1, 0.15) is 18.1 Å². The van der Waals surface area contributed by atoms with Crippen molar-refractivity contribution in [2.75, 3.05) is 13.3 Å². The minimum atomic E-state index is -1.60. The van der Waals surface area contributed by atoms with E-state index in [0.29, 0.717) is 5.56 Å². The number of aliphatic hydroxyl groups excluding tert-OH is 1. The first-order valence-electron chi connectivity index (χ1n) is 4.89. The van der Waals surface area contributed by atoms with Crippen LogP contribution in [0.15, 0.2) is 18.2 Å². The van der Waals surface area contributed by atoms with Gasteiger partial charge in [-0.25, -0.2) is 8.78 Å². The van der Waals surface area contributed by atoms with Crippen LogP contribution in [0, 0.1) is 0 Å². The van der Waals surface area contributed by atoms with Gasteiger partial charge in [-0.15, -0.1) is 0 Å². The smallest absolute Gasteiger partial charge is 0.168 e. The summed E-state index contributed by atoms with van der Waals surface area (Å²) in [7, 11) is 0. The van der Waals surface area contributed by atoms with Crippen LogP contribution in [0.2, 0.25) is 5.02 Å². The fourth-order valence-corrected chi connectivity index (χ4v) is 2.04. The molecule has 1 aliphatic heterocycles. The average molecular weight is 249 g/mol. The summed E-state index contributed by atoms with van der Waals surface area (Å²) >= 11 is 5.87. The number of ether oxygens (including phenoxy) is 1. The number of para-hydroxylation sites is 1. The summed E-state index contributed by atoms with van der Waals surface area (Å²) in [6.45, 7) is -1.99. The predicted octanol–water partition coefficient (Wildman–Crippen LogP) is 2.83. The number of alkyl halides is 2. The maximum atomic E-state index is 12.8. The van der Waals surface area contributed by atoms with E-state index < -0.39 is 25.1 Å². The molecule has 2 nitrogen and oxygen atoms in total. The maximum absolute atomic E-state index is 12.8. The van der Waals surface area contributed by atoms with Crippen LogP contribution in [-0.4, -0.2) is 24.1 Å². The van der Waals surface area contributed by atoms with Crippen molar-refractivity contribution in [1.82, 2.24) is 0 Å². The summed E-state index contributed by atoms with van der Waals surface area (Å²) in [5.74, 6) is 0.179. The quantitative estimate of drug-likeness (QED) is 0.872. The summed E-state index contributed by atoms with van der Waals surface area (Å²) in [6.07, 6.45) is -1.05. The molecule has 0 saturated heterocycles. The number of aliphatic hydroxyl groups is 1. The standard InChI is InChI=1S/C11H11ClF2O2/c12-8-3-1-2-7-9(15)4-11(5-13,6-14)16-10(7)8/h1-3,9,15H,4-6H2/t9-/m0/s1. The van der Waals surface area contributed by atoms with Crippen LogP contribution >= 0.6 is 11.6 Å². The molecule has 0 spiro atoms. The molecule has 16 heavy (non-hydrogen) atoms. The monoisotopic (exact) mass is 248 g/mol. The molecular formula is C11H11ClF2O2. The molecule has 88 valence electrons. The number of benzene rings is 1. The van der Waals surface area contributed by atoms with Crippen LogP contribution in [-0.2, 0) is 0 Å². The number of hydrogen-bond acceptors (Lipinski definition) is 2. The normalized spacial score (nSPS) is 22.4. The molecular weight excluding hydrogens is 238 g/mol. The molecule has 1 N–H and O–H groups in total. The molecule has 0 bridgehead atoms. The van der Waals surface area contributed by atoms with Gasteiger partial charge >= 0.3 is 0 Å². The van der Waals surface area contributed by atoms with Crippen molar-refractivity contribution >= 4 is 11.6 Å². The lowest BCUT2D eigenvalue weighted by Crippen LogP contribution is -2.45. The fraction of sp³-hybridized carbons (Fsp3) is 0.455. The van der Waals surface area contributed by atoms with E-state index in [2.05, 4.69) is 0 Å². The molecule has 0 aliphatic carbocycles. The number of hydrogen-bond donors (Lipinski definition) is 1. The van der Waals surface area contributed by atoms with E-state index in [4.69, 9.17) is 16.3 Å². The van der Waals surface area contributed by atoms with Crippen molar-refractivity contribution in [3.8, 4) is 5.75 Å². The highest BCUT2D eigenvalue weighted by Crippen LogP contribution is 2.43. The molecule has 1 aromatic carbocycles. The van der Waals surface area contributed by atoms with Gasteiger partial charge in [0, 0.05) is 12.0 Å². The minimum absolute atomic E-state index is 0.104. The highest BCUT2D eigenvalue weighted by Gasteiger charge is 2.41. The van der Waals surface area contributed by atoms with Gasteiger partial charge in [-0.2, -0.15) is 0 Å². The molecule has 0 aromatic heterocycles. The lowest BCUT2D eigenvalue weighted by molar-refractivity contribution is -0.0442. The molecule has 1 aromatic rings. The van der Waals surface area contributed by atoms with Gasteiger partial charge in [0.2, 0.25) is 0 Å². The zero-order valence-corrected chi connectivity index (χ0v) is 9.18. The average Bonchev–Trinajstić information content (AvgIpc) is 2.30. The van der Waals surface area contributed by atoms with Gasteiger partial charge in [-0.05, 0) is 6.07 Å². The van der Waals surface area contributed by atoms with Gasteiger partial charge in [0.05, 0.1) is 11.1 Å². The molecule has 1 aliphatic rings. The Morgan fingerprint density at radius 1 is 1.44 bits per heavy atom. The van der Waals surface area contributed by atoms with E-state index in [-0.39, 0.29) is 17.2 Å². The van der Waals surface area contributed by atoms with Crippen molar-refractivity contribution in [1.29, 1.82) is 0 Å². The van der Waals surface area contributed by atoms with Crippen LogP contribution in [0.25, 0.3) is 0 Å². The van der Waals surface area contributed by atoms with Gasteiger partial charge in [0.15, 0.2) is 5.60 Å². The molecule has 0 amide bonds. The Bertz CT molecular complexity index is 394. The summed E-state index contributed by atoms with van der Waals surface area (Å²) < 4.78 is 30.9. The van der Waals surface area contributed by atoms with Crippen LogP contribution in [0.4, 0.5) is 8.78 Å². The molecule has 0 unspecified atom stereocenters. The largest absolute Gasteiger partial charge is 0.480 e. The van der Waals surface area contributed by atoms with Crippen LogP contribution < -0.4 is 4.74 Å². The number of halogens is 3. The highest BCUT2D eigenvalue weighted by atomic mass is 35.5. The van der Waals surface area contributed by atoms with Gasteiger partial charge < -0.3 is 9.84 Å². The Kier molecular flexibility index (Phi) is 3.04. The third-order valence-corrected chi connectivity index (χ3v) is 3.03. The molecule has 2 rings (SSSR count). The Morgan fingerprint density at radius 2 is 2.12 bits per heavy atom. The highest BCUT2D eigenvalue weighted by molar-refractivity contribution is 6.32. The van der Waals surface area contributed by atoms with E-state index >= 15 is 0 Å². The Morgan fingerprint density at radius 3 is 2.75 bits per heavy atom. The fourth-order valence-electron chi connectivity index (χ4n) is 1.82. The van der Waals surface area contributed by atoms with E-state index in [1.807, 2.05) is 0 Å². The second kappa shape index (κ2) is 4.18. The SMILES string of the molecule is O[C@H]1CC(CF)(CF)Oc2c(Cl)cccc21. The van der Waals surface area contributed by atoms with Crippen molar-refractivity contribution in [2.45, 2.75) is 18.1 Å². The first kappa shape index (κ1) is 11.6. The topological polar surface area (TPSA) is 29.5 Å². The zero-order valence-electron chi connectivity index (χ0n) is 8.42. The van der Waals surface area contributed by atoms with E-state index in [1.165, 1.54) is 0 Å². The maximum Gasteiger partial charge on any atom is 0.168 e. The lowest BCUT2D eigenvalue weighted by Gasteiger charge is -2.37. The van der Waals surface area contributed by atoms with Crippen LogP contribution in [0.3, 0.4) is 0 Å². The third kappa shape index (κ3) is 1.76. The van der Waals surface area contributed by atoms with E-state index in [1.54, 1.807) is 18.2 Å². The van der Waals surface area contributed by atoms with Crippen molar-refractivity contribution < 1.29 is 18.6 Å². The zero-order chi connectivity index (χ0) is 11.8. The lowest BCUT2D eigenvalue weighted by atomic mass is 9.90. The summed E-state index contributed by atoms with van der Waals surface area (Å²) in [6, 6.07) is 4.84. The van der Waals surface area contributed by atoms with Gasteiger partial charge in [0.1, 0.15) is 19.1 Å². The second-order valence-corrected chi connectivity index (χ2v) is 4.34. The van der Waals surface area contributed by atoms with Gasteiger partial charge in [0.25, 0.3) is 0 Å². The molecule has 0 radical (unpaired) electrons. The number of rotatable bonds is 2. The molecule has 5 heteroatoms. The summed E-state index contributed by atoms with van der Waals surface area (Å²) in [4.78, 5) is 0. The van der Waals surface area contributed by atoms with E-state index in [0.717, 1.165) is 0 Å². The Labute approximate surface area is 96.8 Å². The predicted molar refractivity (Wildman–Crippen MR) is 56.3 cm³/mol. The van der Waals surface area contributed by atoms with Gasteiger partial charge in [-0.1, -0.05) is 23.7 Å². The minimum Gasteiger partial charge on any atom is -0.480 e. The van der Waals surface area contributed by atoms with Crippen molar-refractivity contribution in [2.24, 2.45) is 0 Å². The molecule has 1 atom stereocenters. The first-order chi connectivity index (χ1) is 7.62. The molecule has 0 fully saturated rings. The summed E-state index contributed by atoms with van der Waals surface area (Å²) in [5.41, 5.74) is -1.12. The van der Waals surface area contributed by atoms with Crippen LogP contribution in [0.5, 0.6) is 5.75 Å². The van der Waals surface area contributed by atoms with E-state index in [9.17, 15) is 13.9 Å². The Balaban J connectivity index is 2.45. The molecule has 0 saturated carbocycles. The van der Waals surface area contributed by atoms with Gasteiger partial charge in [-0.3, -0.25) is 0 Å². The summed E-state index contributed by atoms with van der Waals surface area (Å²) in [5, 5.41) is 10.1. The molecule has 1 heterocycles. The first-order valence-corrected chi connectivity index (χ1v) is 5.27. The second-order valence-electron chi connectivity index (χ2n) is 3.93.